The predicted molar refractivity (Wildman–Crippen MR) is 77.9 cm³/mol. The van der Waals surface area contributed by atoms with E-state index in [4.69, 9.17) is 4.74 Å². The molecular formula is C13H14N4O2S. The van der Waals surface area contributed by atoms with Crippen molar-refractivity contribution in [2.45, 2.75) is 13.3 Å². The van der Waals surface area contributed by atoms with Crippen LogP contribution in [0.1, 0.15) is 17.4 Å². The van der Waals surface area contributed by atoms with Crippen molar-refractivity contribution in [3.63, 3.8) is 0 Å². The standard InChI is InChI=1S/C13H14N4O2S/c1-2-19-12(18)6-11-9-15-13(20-11)17-16-8-10-4-3-5-14-7-10/h3-5,7-9H,2,6H2,1H3,(H,15,17)/b16-8+. The van der Waals surface area contributed by atoms with Crippen LogP contribution in [-0.2, 0) is 16.0 Å². The van der Waals surface area contributed by atoms with Gasteiger partial charge in [0, 0.05) is 29.0 Å². The smallest absolute Gasteiger partial charge is 0.311 e. The SMILES string of the molecule is CCOC(=O)Cc1cnc(N/N=C/c2cccnc2)s1. The van der Waals surface area contributed by atoms with Crippen LogP contribution in [-0.4, -0.2) is 28.8 Å². The van der Waals surface area contributed by atoms with Crippen LogP contribution in [0.5, 0.6) is 0 Å². The third-order valence-corrected chi connectivity index (χ3v) is 3.14. The average molecular weight is 290 g/mol. The Labute approximate surface area is 120 Å². The second-order valence-electron chi connectivity index (χ2n) is 3.77. The van der Waals surface area contributed by atoms with Crippen LogP contribution in [0.25, 0.3) is 0 Å². The van der Waals surface area contributed by atoms with Gasteiger partial charge in [-0.25, -0.2) is 4.98 Å². The number of pyridine rings is 1. The molecule has 0 unspecified atom stereocenters. The lowest BCUT2D eigenvalue weighted by Gasteiger charge is -1.97. The van der Waals surface area contributed by atoms with E-state index in [1.807, 2.05) is 12.1 Å². The fraction of sp³-hybridized carbons (Fsp3) is 0.231. The Hall–Kier alpha value is -2.28. The topological polar surface area (TPSA) is 76.5 Å². The Morgan fingerprint density at radius 3 is 3.20 bits per heavy atom. The number of hydrogen-bond acceptors (Lipinski definition) is 7. The summed E-state index contributed by atoms with van der Waals surface area (Å²) in [6.45, 7) is 2.17. The second-order valence-corrected chi connectivity index (χ2v) is 4.89. The zero-order chi connectivity index (χ0) is 14.2. The van der Waals surface area contributed by atoms with Gasteiger partial charge in [-0.1, -0.05) is 17.4 Å². The summed E-state index contributed by atoms with van der Waals surface area (Å²) in [5.41, 5.74) is 3.71. The molecular weight excluding hydrogens is 276 g/mol. The number of rotatable bonds is 6. The van der Waals surface area contributed by atoms with Gasteiger partial charge in [-0.3, -0.25) is 15.2 Å². The predicted octanol–water partition coefficient (Wildman–Crippen LogP) is 2.09. The van der Waals surface area contributed by atoms with E-state index in [1.54, 1.807) is 31.7 Å². The van der Waals surface area contributed by atoms with E-state index in [9.17, 15) is 4.79 Å². The Morgan fingerprint density at radius 1 is 1.55 bits per heavy atom. The van der Waals surface area contributed by atoms with E-state index in [1.165, 1.54) is 11.3 Å². The highest BCUT2D eigenvalue weighted by molar-refractivity contribution is 7.15. The summed E-state index contributed by atoms with van der Waals surface area (Å²) in [6, 6.07) is 3.73. The Morgan fingerprint density at radius 2 is 2.45 bits per heavy atom. The second kappa shape index (κ2) is 7.34. The molecule has 0 saturated carbocycles. The van der Waals surface area contributed by atoms with Gasteiger partial charge >= 0.3 is 5.97 Å². The molecule has 0 atom stereocenters. The van der Waals surface area contributed by atoms with Gasteiger partial charge in [-0.15, -0.1) is 0 Å². The molecule has 20 heavy (non-hydrogen) atoms. The number of carbonyl (C=O) groups excluding carboxylic acids is 1. The van der Waals surface area contributed by atoms with Crippen LogP contribution in [0.15, 0.2) is 35.8 Å². The maximum atomic E-state index is 11.3. The number of carbonyl (C=O) groups is 1. The number of ether oxygens (including phenoxy) is 1. The molecule has 1 N–H and O–H groups in total. The van der Waals surface area contributed by atoms with E-state index < -0.39 is 0 Å². The Kier molecular flexibility index (Phi) is 5.19. The van der Waals surface area contributed by atoms with Gasteiger partial charge < -0.3 is 4.74 Å². The van der Waals surface area contributed by atoms with E-state index in [-0.39, 0.29) is 12.4 Å². The van der Waals surface area contributed by atoms with E-state index >= 15 is 0 Å². The summed E-state index contributed by atoms with van der Waals surface area (Å²) in [5, 5.41) is 4.69. The number of hydrogen-bond donors (Lipinski definition) is 1. The lowest BCUT2D eigenvalue weighted by atomic mass is 10.3. The van der Waals surface area contributed by atoms with Crippen molar-refractivity contribution >= 4 is 28.7 Å². The summed E-state index contributed by atoms with van der Waals surface area (Å²) in [7, 11) is 0. The van der Waals surface area contributed by atoms with Crippen molar-refractivity contribution in [3.05, 3.63) is 41.2 Å². The molecule has 0 aliphatic carbocycles. The van der Waals surface area contributed by atoms with E-state index in [0.717, 1.165) is 10.4 Å². The van der Waals surface area contributed by atoms with Gasteiger partial charge in [0.05, 0.1) is 19.2 Å². The number of nitrogens with zero attached hydrogens (tertiary/aromatic N) is 3. The van der Waals surface area contributed by atoms with Gasteiger partial charge in [-0.05, 0) is 13.0 Å². The molecule has 2 aromatic heterocycles. The molecule has 2 aromatic rings. The molecule has 2 rings (SSSR count). The minimum atomic E-state index is -0.249. The summed E-state index contributed by atoms with van der Waals surface area (Å²) in [6.07, 6.45) is 6.94. The van der Waals surface area contributed by atoms with Crippen molar-refractivity contribution in [2.24, 2.45) is 5.10 Å². The van der Waals surface area contributed by atoms with Crippen molar-refractivity contribution in [1.29, 1.82) is 0 Å². The highest BCUT2D eigenvalue weighted by Crippen LogP contribution is 2.18. The third kappa shape index (κ3) is 4.43. The quantitative estimate of drug-likeness (QED) is 0.501. The molecule has 0 saturated heterocycles. The summed E-state index contributed by atoms with van der Waals surface area (Å²) >= 11 is 1.37. The van der Waals surface area contributed by atoms with Crippen LogP contribution in [0.2, 0.25) is 0 Å². The van der Waals surface area contributed by atoms with Crippen LogP contribution >= 0.6 is 11.3 Å². The first-order valence-electron chi connectivity index (χ1n) is 6.07. The molecule has 2 heterocycles. The van der Waals surface area contributed by atoms with Gasteiger partial charge in [0.1, 0.15) is 0 Å². The zero-order valence-electron chi connectivity index (χ0n) is 10.9. The lowest BCUT2D eigenvalue weighted by molar-refractivity contribution is -0.142. The first-order chi connectivity index (χ1) is 9.78. The van der Waals surface area contributed by atoms with Gasteiger partial charge in [0.15, 0.2) is 0 Å². The molecule has 0 fully saturated rings. The average Bonchev–Trinajstić information content (AvgIpc) is 2.88. The fourth-order valence-corrected chi connectivity index (χ4v) is 2.16. The first-order valence-corrected chi connectivity index (χ1v) is 6.89. The molecule has 0 aliphatic rings. The number of thiazole rings is 1. The third-order valence-electron chi connectivity index (χ3n) is 2.24. The normalized spacial score (nSPS) is 10.7. The monoisotopic (exact) mass is 290 g/mol. The van der Waals surface area contributed by atoms with Crippen LogP contribution in [0.4, 0.5) is 5.13 Å². The zero-order valence-corrected chi connectivity index (χ0v) is 11.8. The molecule has 0 aliphatic heterocycles. The van der Waals surface area contributed by atoms with Crippen molar-refractivity contribution < 1.29 is 9.53 Å². The molecule has 104 valence electrons. The Balaban J connectivity index is 1.87. The molecule has 0 bridgehead atoms. The van der Waals surface area contributed by atoms with Crippen molar-refractivity contribution in [3.8, 4) is 0 Å². The van der Waals surface area contributed by atoms with Crippen molar-refractivity contribution in [2.75, 3.05) is 12.0 Å². The van der Waals surface area contributed by atoms with Crippen LogP contribution < -0.4 is 5.43 Å². The molecule has 7 heteroatoms. The molecule has 0 spiro atoms. The summed E-state index contributed by atoms with van der Waals surface area (Å²) in [4.78, 5) is 20.3. The number of aromatic nitrogens is 2. The number of hydrazone groups is 1. The van der Waals surface area contributed by atoms with Gasteiger partial charge in [0.25, 0.3) is 0 Å². The minimum Gasteiger partial charge on any atom is -0.466 e. The summed E-state index contributed by atoms with van der Waals surface area (Å²) in [5.74, 6) is -0.249. The van der Waals surface area contributed by atoms with E-state index in [2.05, 4.69) is 20.5 Å². The molecule has 0 radical (unpaired) electrons. The van der Waals surface area contributed by atoms with E-state index in [0.29, 0.717) is 11.7 Å². The molecule has 0 amide bonds. The summed E-state index contributed by atoms with van der Waals surface area (Å²) < 4.78 is 4.88. The van der Waals surface area contributed by atoms with Crippen molar-refractivity contribution in [1.82, 2.24) is 9.97 Å². The maximum Gasteiger partial charge on any atom is 0.311 e. The fourth-order valence-electron chi connectivity index (χ4n) is 1.41. The highest BCUT2D eigenvalue weighted by atomic mass is 32.1. The maximum absolute atomic E-state index is 11.3. The number of esters is 1. The largest absolute Gasteiger partial charge is 0.466 e. The molecule has 6 nitrogen and oxygen atoms in total. The Bertz CT molecular complexity index is 583. The van der Waals surface area contributed by atoms with Gasteiger partial charge in [0.2, 0.25) is 5.13 Å². The van der Waals surface area contributed by atoms with Gasteiger partial charge in [-0.2, -0.15) is 5.10 Å². The van der Waals surface area contributed by atoms with Crippen LogP contribution in [0, 0.1) is 0 Å². The highest BCUT2D eigenvalue weighted by Gasteiger charge is 2.07. The first kappa shape index (κ1) is 14.1. The number of anilines is 1. The number of nitrogens with one attached hydrogen (secondary N) is 1. The lowest BCUT2D eigenvalue weighted by Crippen LogP contribution is -2.06. The molecule has 0 aromatic carbocycles. The van der Waals surface area contributed by atoms with Crippen LogP contribution in [0.3, 0.4) is 0 Å². The minimum absolute atomic E-state index is 0.236.